The van der Waals surface area contributed by atoms with Crippen LogP contribution in [0.4, 0.5) is 11.4 Å². The number of H-pyrrole nitrogens is 1. The fourth-order valence-electron chi connectivity index (χ4n) is 4.18. The number of fused-ring (bicyclic) bond motifs is 2. The predicted octanol–water partition coefficient (Wildman–Crippen LogP) is 4.18. The Balaban J connectivity index is 1.40. The van der Waals surface area contributed by atoms with Crippen molar-refractivity contribution in [3.05, 3.63) is 89.1 Å². The Morgan fingerprint density at radius 2 is 1.77 bits per heavy atom. The van der Waals surface area contributed by atoms with Gasteiger partial charge in [-0.2, -0.15) is 5.10 Å². The van der Waals surface area contributed by atoms with Gasteiger partial charge in [-0.1, -0.05) is 36.4 Å². The monoisotopic (exact) mass is 409 g/mol. The molecule has 0 bridgehead atoms. The molecule has 0 unspecified atom stereocenters. The summed E-state index contributed by atoms with van der Waals surface area (Å²) in [5.41, 5.74) is 12.9. The van der Waals surface area contributed by atoms with Gasteiger partial charge < -0.3 is 11.1 Å². The van der Waals surface area contributed by atoms with Crippen LogP contribution in [0.1, 0.15) is 34.1 Å². The Morgan fingerprint density at radius 3 is 2.52 bits per heavy atom. The highest BCUT2D eigenvalue weighted by Crippen LogP contribution is 2.25. The molecule has 4 N–H and O–H groups in total. The quantitative estimate of drug-likeness (QED) is 0.348. The summed E-state index contributed by atoms with van der Waals surface area (Å²) in [5.74, 6) is -0.0752. The van der Waals surface area contributed by atoms with Crippen LogP contribution in [0.5, 0.6) is 0 Å². The molecule has 0 saturated carbocycles. The molecule has 1 aliphatic rings. The maximum atomic E-state index is 12.9. The van der Waals surface area contributed by atoms with Gasteiger partial charge in [-0.05, 0) is 61.2 Å². The number of anilines is 1. The van der Waals surface area contributed by atoms with Gasteiger partial charge in [0, 0.05) is 17.0 Å². The summed E-state index contributed by atoms with van der Waals surface area (Å²) in [5, 5.41) is 11.5. The van der Waals surface area contributed by atoms with Gasteiger partial charge in [0.25, 0.3) is 5.91 Å². The second-order valence-corrected chi connectivity index (χ2v) is 7.94. The van der Waals surface area contributed by atoms with Gasteiger partial charge in [0.05, 0.1) is 22.6 Å². The maximum Gasteiger partial charge on any atom is 0.251 e. The molecule has 0 spiro atoms. The van der Waals surface area contributed by atoms with Crippen LogP contribution in [0.3, 0.4) is 0 Å². The van der Waals surface area contributed by atoms with E-state index in [1.807, 2.05) is 61.5 Å². The van der Waals surface area contributed by atoms with E-state index in [1.54, 1.807) is 0 Å². The number of rotatable bonds is 4. The zero-order chi connectivity index (χ0) is 21.4. The smallest absolute Gasteiger partial charge is 0.251 e. The highest BCUT2D eigenvalue weighted by atomic mass is 16.1. The van der Waals surface area contributed by atoms with E-state index in [-0.39, 0.29) is 11.9 Å². The molecule has 6 heteroatoms. The number of nitrogen functional groups attached to an aromatic ring is 1. The normalized spacial score (nSPS) is 14.0. The summed E-state index contributed by atoms with van der Waals surface area (Å²) in [6.45, 7) is 1.89. The van der Waals surface area contributed by atoms with Gasteiger partial charge in [0.1, 0.15) is 5.69 Å². The lowest BCUT2D eigenvalue weighted by atomic mass is 10.1. The summed E-state index contributed by atoms with van der Waals surface area (Å²) < 4.78 is 0. The lowest BCUT2D eigenvalue weighted by Crippen LogP contribution is -2.35. The van der Waals surface area contributed by atoms with Crippen LogP contribution < -0.4 is 11.1 Å². The molecular formula is C25H23N5O. The number of nitrogens with two attached hydrogens (primary N) is 1. The molecule has 0 saturated heterocycles. The molecule has 1 heterocycles. The van der Waals surface area contributed by atoms with E-state index in [1.165, 1.54) is 11.1 Å². The average Bonchev–Trinajstić information content (AvgIpc) is 3.38. The Kier molecular flexibility index (Phi) is 4.75. The minimum atomic E-state index is -0.0752. The molecule has 3 aromatic carbocycles. The molecule has 4 aromatic rings. The van der Waals surface area contributed by atoms with E-state index in [2.05, 4.69) is 32.6 Å². The highest BCUT2D eigenvalue weighted by Gasteiger charge is 2.23. The molecule has 1 amide bonds. The second kappa shape index (κ2) is 7.72. The third-order valence-electron chi connectivity index (χ3n) is 5.78. The lowest BCUT2D eigenvalue weighted by Gasteiger charge is -2.12. The number of aromatic amines is 1. The second-order valence-electron chi connectivity index (χ2n) is 7.94. The van der Waals surface area contributed by atoms with Gasteiger partial charge >= 0.3 is 0 Å². The first-order chi connectivity index (χ1) is 15.1. The highest BCUT2D eigenvalue weighted by molar-refractivity contribution is 6.10. The topological polar surface area (TPSA) is 96.2 Å². The third kappa shape index (κ3) is 3.68. The van der Waals surface area contributed by atoms with Crippen LogP contribution in [0.15, 0.2) is 71.7 Å². The molecule has 0 atom stereocenters. The molecule has 0 radical (unpaired) electrons. The lowest BCUT2D eigenvalue weighted by molar-refractivity contribution is 0.0938. The maximum absolute atomic E-state index is 12.9. The van der Waals surface area contributed by atoms with E-state index < -0.39 is 0 Å². The number of aliphatic imine (C=N–C) groups is 1. The summed E-state index contributed by atoms with van der Waals surface area (Å²) in [6, 6.07) is 21.5. The average molecular weight is 409 g/mol. The number of carbonyl (C=O) groups is 1. The molecule has 1 aromatic heterocycles. The zero-order valence-corrected chi connectivity index (χ0v) is 17.2. The number of nitrogens with one attached hydrogen (secondary N) is 2. The number of carbonyl (C=O) groups excluding carboxylic acids is 1. The Hall–Kier alpha value is -3.93. The first-order valence-electron chi connectivity index (χ1n) is 10.3. The van der Waals surface area contributed by atoms with Crippen molar-refractivity contribution in [1.82, 2.24) is 15.5 Å². The van der Waals surface area contributed by atoms with Crippen molar-refractivity contribution in [3.63, 3.8) is 0 Å². The Morgan fingerprint density at radius 1 is 1.06 bits per heavy atom. The van der Waals surface area contributed by atoms with E-state index in [0.717, 1.165) is 29.5 Å². The first kappa shape index (κ1) is 19.1. The van der Waals surface area contributed by atoms with Crippen molar-refractivity contribution in [2.75, 3.05) is 5.73 Å². The van der Waals surface area contributed by atoms with Crippen LogP contribution in [-0.4, -0.2) is 27.9 Å². The first-order valence-corrected chi connectivity index (χ1v) is 10.3. The van der Waals surface area contributed by atoms with Crippen molar-refractivity contribution >= 4 is 33.9 Å². The molecule has 0 fully saturated rings. The van der Waals surface area contributed by atoms with Crippen molar-refractivity contribution in [2.45, 2.75) is 25.8 Å². The molecule has 5 rings (SSSR count). The van der Waals surface area contributed by atoms with Gasteiger partial charge in [0.15, 0.2) is 0 Å². The van der Waals surface area contributed by atoms with Crippen LogP contribution >= 0.6 is 0 Å². The molecule has 1 aliphatic carbocycles. The van der Waals surface area contributed by atoms with E-state index in [9.17, 15) is 4.79 Å². The van der Waals surface area contributed by atoms with Crippen molar-refractivity contribution in [2.24, 2.45) is 4.99 Å². The SMILES string of the molecule is CC(=Nc1ccccc1N)c1n[nH]c2ccc(C(=O)NC3Cc4ccccc4C3)cc12. The summed E-state index contributed by atoms with van der Waals surface area (Å²) in [6.07, 6.45) is 1.73. The van der Waals surface area contributed by atoms with Crippen LogP contribution in [0, 0.1) is 0 Å². The summed E-state index contributed by atoms with van der Waals surface area (Å²) >= 11 is 0. The van der Waals surface area contributed by atoms with E-state index >= 15 is 0 Å². The number of amides is 1. The number of benzene rings is 3. The number of hydrogen-bond acceptors (Lipinski definition) is 4. The molecule has 154 valence electrons. The molecule has 31 heavy (non-hydrogen) atoms. The van der Waals surface area contributed by atoms with E-state index in [0.29, 0.717) is 22.6 Å². The van der Waals surface area contributed by atoms with Crippen molar-refractivity contribution in [3.8, 4) is 0 Å². The van der Waals surface area contributed by atoms with Crippen LogP contribution in [0.25, 0.3) is 10.9 Å². The fraction of sp³-hybridized carbons (Fsp3) is 0.160. The largest absolute Gasteiger partial charge is 0.397 e. The predicted molar refractivity (Wildman–Crippen MR) is 124 cm³/mol. The molecule has 6 nitrogen and oxygen atoms in total. The molecule has 0 aliphatic heterocycles. The number of nitrogens with zero attached hydrogens (tertiary/aromatic N) is 2. The standard InChI is InChI=1S/C25H23N5O/c1-15(27-23-9-5-4-8-21(23)26)24-20-14-18(10-11-22(20)29-30-24)25(31)28-19-12-16-6-2-3-7-17(16)13-19/h2-11,14,19H,12-13,26H2,1H3,(H,28,31)(H,29,30). The zero-order valence-electron chi connectivity index (χ0n) is 17.2. The van der Waals surface area contributed by atoms with Gasteiger partial charge in [-0.3, -0.25) is 9.89 Å². The summed E-state index contributed by atoms with van der Waals surface area (Å²) in [4.78, 5) is 17.6. The summed E-state index contributed by atoms with van der Waals surface area (Å²) in [7, 11) is 0. The Bertz CT molecular complexity index is 1300. The Labute approximate surface area is 180 Å². The minimum Gasteiger partial charge on any atom is -0.397 e. The van der Waals surface area contributed by atoms with Crippen molar-refractivity contribution < 1.29 is 4.79 Å². The minimum absolute atomic E-state index is 0.0752. The molecular weight excluding hydrogens is 386 g/mol. The number of hydrogen-bond donors (Lipinski definition) is 3. The van der Waals surface area contributed by atoms with Crippen molar-refractivity contribution in [1.29, 1.82) is 0 Å². The van der Waals surface area contributed by atoms with Gasteiger partial charge in [0.2, 0.25) is 0 Å². The third-order valence-corrected chi connectivity index (χ3v) is 5.78. The van der Waals surface area contributed by atoms with Gasteiger partial charge in [-0.15, -0.1) is 0 Å². The van der Waals surface area contributed by atoms with Crippen LogP contribution in [-0.2, 0) is 12.8 Å². The number of para-hydroxylation sites is 2. The van der Waals surface area contributed by atoms with Gasteiger partial charge in [-0.25, -0.2) is 4.99 Å². The van der Waals surface area contributed by atoms with E-state index in [4.69, 9.17) is 5.73 Å². The fourth-order valence-corrected chi connectivity index (χ4v) is 4.18. The number of aromatic nitrogens is 2. The van der Waals surface area contributed by atoms with Crippen LogP contribution in [0.2, 0.25) is 0 Å².